The molecule has 2 amide bonds. The van der Waals surface area contributed by atoms with Gasteiger partial charge in [0.1, 0.15) is 12.4 Å². The number of carbonyl (C=O) groups is 2. The molecule has 2 aliphatic rings. The van der Waals surface area contributed by atoms with Crippen LogP contribution >= 0.6 is 11.3 Å². The van der Waals surface area contributed by atoms with Crippen LogP contribution in [0.5, 0.6) is 11.5 Å². The first-order chi connectivity index (χ1) is 15.6. The van der Waals surface area contributed by atoms with Crippen LogP contribution < -0.4 is 9.47 Å². The van der Waals surface area contributed by atoms with E-state index in [0.29, 0.717) is 42.6 Å². The highest BCUT2D eigenvalue weighted by atomic mass is 32.1. The number of thiophene rings is 1. The number of ether oxygens (including phenoxy) is 2. The Hall–Kier alpha value is -3.39. The third-order valence-electron chi connectivity index (χ3n) is 5.61. The number of halogens is 1. The van der Waals surface area contributed by atoms with E-state index in [-0.39, 0.29) is 24.2 Å². The topological polar surface area (TPSA) is 59.1 Å². The molecular formula is C24H21FN2O4S. The number of fused-ring (bicyclic) bond motifs is 1. The minimum Gasteiger partial charge on any atom is -0.485 e. The van der Waals surface area contributed by atoms with Gasteiger partial charge in [-0.05, 0) is 42.0 Å². The minimum absolute atomic E-state index is 0.0540. The van der Waals surface area contributed by atoms with Crippen molar-refractivity contribution in [3.05, 3.63) is 71.4 Å². The zero-order chi connectivity index (χ0) is 22.1. The maximum Gasteiger partial charge on any atom is 0.267 e. The van der Waals surface area contributed by atoms with Gasteiger partial charge in [0, 0.05) is 31.1 Å². The van der Waals surface area contributed by atoms with Crippen molar-refractivity contribution in [2.24, 2.45) is 0 Å². The van der Waals surface area contributed by atoms with Gasteiger partial charge in [-0.1, -0.05) is 24.3 Å². The molecule has 1 fully saturated rings. The van der Waals surface area contributed by atoms with Crippen LogP contribution in [0.15, 0.2) is 60.7 Å². The fraction of sp³-hybridized carbons (Fsp3) is 0.250. The standard InChI is InChI=1S/C24H21FN2O4S/c25-17-7-5-16(6-8-17)21-9-10-22(32-21)24(29)27-13-11-26(12-14-27)23(28)20-15-30-18-3-1-2-4-19(18)31-20/h1-10,20H,11-15H2/t20-/m0/s1. The van der Waals surface area contributed by atoms with E-state index >= 15 is 0 Å². The first kappa shape index (κ1) is 20.5. The third-order valence-corrected chi connectivity index (χ3v) is 6.73. The lowest BCUT2D eigenvalue weighted by Crippen LogP contribution is -2.55. The highest BCUT2D eigenvalue weighted by molar-refractivity contribution is 7.17. The van der Waals surface area contributed by atoms with Crippen molar-refractivity contribution < 1.29 is 23.5 Å². The molecule has 0 bridgehead atoms. The molecule has 0 radical (unpaired) electrons. The Morgan fingerprint density at radius 2 is 1.56 bits per heavy atom. The number of hydrogen-bond donors (Lipinski definition) is 0. The predicted octanol–water partition coefficient (Wildman–Crippen LogP) is 3.68. The van der Waals surface area contributed by atoms with Crippen LogP contribution in [-0.2, 0) is 4.79 Å². The molecule has 3 aromatic rings. The summed E-state index contributed by atoms with van der Waals surface area (Å²) in [6.45, 7) is 1.98. The van der Waals surface area contributed by atoms with Crippen molar-refractivity contribution in [3.63, 3.8) is 0 Å². The lowest BCUT2D eigenvalue weighted by molar-refractivity contribution is -0.142. The van der Waals surface area contributed by atoms with Crippen LogP contribution in [-0.4, -0.2) is 60.5 Å². The Kier molecular flexibility index (Phi) is 5.53. The summed E-state index contributed by atoms with van der Waals surface area (Å²) in [7, 11) is 0. The highest BCUT2D eigenvalue weighted by Crippen LogP contribution is 2.32. The molecule has 1 aromatic heterocycles. The van der Waals surface area contributed by atoms with E-state index in [2.05, 4.69) is 0 Å². The molecule has 32 heavy (non-hydrogen) atoms. The molecule has 0 spiro atoms. The van der Waals surface area contributed by atoms with Gasteiger partial charge in [0.25, 0.3) is 11.8 Å². The molecule has 0 aliphatic carbocycles. The lowest BCUT2D eigenvalue weighted by atomic mass is 10.2. The number of carbonyl (C=O) groups excluding carboxylic acids is 2. The molecule has 2 aromatic carbocycles. The van der Waals surface area contributed by atoms with Crippen LogP contribution in [0, 0.1) is 5.82 Å². The van der Waals surface area contributed by atoms with E-state index in [4.69, 9.17) is 9.47 Å². The Bertz CT molecular complexity index is 1140. The number of benzene rings is 2. The maximum absolute atomic E-state index is 13.2. The van der Waals surface area contributed by atoms with E-state index in [1.165, 1.54) is 23.5 Å². The van der Waals surface area contributed by atoms with Gasteiger partial charge in [0.2, 0.25) is 6.10 Å². The first-order valence-corrected chi connectivity index (χ1v) is 11.2. The van der Waals surface area contributed by atoms with Gasteiger partial charge >= 0.3 is 0 Å². The van der Waals surface area contributed by atoms with Gasteiger partial charge in [-0.2, -0.15) is 0 Å². The Morgan fingerprint density at radius 3 is 2.31 bits per heavy atom. The van der Waals surface area contributed by atoms with Gasteiger partial charge in [-0.3, -0.25) is 9.59 Å². The van der Waals surface area contributed by atoms with Crippen molar-refractivity contribution in [1.82, 2.24) is 9.80 Å². The van der Waals surface area contributed by atoms with Crippen molar-refractivity contribution >= 4 is 23.2 Å². The second-order valence-corrected chi connectivity index (χ2v) is 8.74. The zero-order valence-corrected chi connectivity index (χ0v) is 18.0. The Morgan fingerprint density at radius 1 is 0.875 bits per heavy atom. The SMILES string of the molecule is O=C(c1ccc(-c2ccc(F)cc2)s1)N1CCN(C(=O)[C@@H]2COc3ccccc3O2)CC1. The number of nitrogens with zero attached hydrogens (tertiary/aromatic N) is 2. The molecule has 0 saturated carbocycles. The summed E-state index contributed by atoms with van der Waals surface area (Å²) in [6, 6.07) is 17.2. The summed E-state index contributed by atoms with van der Waals surface area (Å²) in [5.41, 5.74) is 0.877. The van der Waals surface area contributed by atoms with Crippen LogP contribution in [0.2, 0.25) is 0 Å². The van der Waals surface area contributed by atoms with Crippen molar-refractivity contribution in [1.29, 1.82) is 0 Å². The summed E-state index contributed by atoms with van der Waals surface area (Å²) >= 11 is 1.39. The fourth-order valence-corrected chi connectivity index (χ4v) is 4.83. The van der Waals surface area contributed by atoms with Gasteiger partial charge in [-0.25, -0.2) is 4.39 Å². The normalized spacial score (nSPS) is 17.8. The minimum atomic E-state index is -0.678. The van der Waals surface area contributed by atoms with E-state index in [1.807, 2.05) is 24.3 Å². The number of rotatable bonds is 3. The van der Waals surface area contributed by atoms with Crippen LogP contribution in [0.3, 0.4) is 0 Å². The van der Waals surface area contributed by atoms with Crippen LogP contribution in [0.25, 0.3) is 10.4 Å². The van der Waals surface area contributed by atoms with Gasteiger partial charge in [0.05, 0.1) is 4.88 Å². The maximum atomic E-state index is 13.2. The molecule has 0 unspecified atom stereocenters. The second-order valence-electron chi connectivity index (χ2n) is 7.65. The summed E-state index contributed by atoms with van der Waals surface area (Å²) in [6.07, 6.45) is -0.678. The average molecular weight is 453 g/mol. The quantitative estimate of drug-likeness (QED) is 0.608. The van der Waals surface area contributed by atoms with Crippen LogP contribution in [0.4, 0.5) is 4.39 Å². The molecule has 0 N–H and O–H groups in total. The number of hydrogen-bond acceptors (Lipinski definition) is 5. The van der Waals surface area contributed by atoms with Gasteiger partial charge in [0.15, 0.2) is 11.5 Å². The van der Waals surface area contributed by atoms with E-state index in [0.717, 1.165) is 10.4 Å². The predicted molar refractivity (Wildman–Crippen MR) is 119 cm³/mol. The molecule has 3 heterocycles. The summed E-state index contributed by atoms with van der Waals surface area (Å²) < 4.78 is 24.6. The smallest absolute Gasteiger partial charge is 0.267 e. The van der Waals surface area contributed by atoms with Crippen molar-refractivity contribution in [2.75, 3.05) is 32.8 Å². The molecule has 8 heteroatoms. The molecular weight excluding hydrogens is 431 g/mol. The number of piperazine rings is 1. The first-order valence-electron chi connectivity index (χ1n) is 10.4. The molecule has 6 nitrogen and oxygen atoms in total. The Balaban J connectivity index is 1.18. The van der Waals surface area contributed by atoms with Gasteiger partial charge < -0.3 is 19.3 Å². The van der Waals surface area contributed by atoms with Crippen LogP contribution in [0.1, 0.15) is 9.67 Å². The number of para-hydroxylation sites is 2. The molecule has 1 atom stereocenters. The summed E-state index contributed by atoms with van der Waals surface area (Å²) in [5, 5.41) is 0. The largest absolute Gasteiger partial charge is 0.485 e. The zero-order valence-electron chi connectivity index (χ0n) is 17.2. The fourth-order valence-electron chi connectivity index (χ4n) is 3.85. The van der Waals surface area contributed by atoms with Crippen molar-refractivity contribution in [2.45, 2.75) is 6.10 Å². The van der Waals surface area contributed by atoms with E-state index in [9.17, 15) is 14.0 Å². The monoisotopic (exact) mass is 452 g/mol. The molecule has 2 aliphatic heterocycles. The lowest BCUT2D eigenvalue weighted by Gasteiger charge is -2.37. The summed E-state index contributed by atoms with van der Waals surface area (Å²) in [5.74, 6) is 0.745. The van der Waals surface area contributed by atoms with E-state index in [1.54, 1.807) is 34.1 Å². The average Bonchev–Trinajstić information content (AvgIpc) is 3.34. The Labute approximate surface area is 188 Å². The molecule has 5 rings (SSSR count). The van der Waals surface area contributed by atoms with Gasteiger partial charge in [-0.15, -0.1) is 11.3 Å². The second kappa shape index (κ2) is 8.63. The molecule has 1 saturated heterocycles. The molecule has 164 valence electrons. The van der Waals surface area contributed by atoms with Crippen molar-refractivity contribution in [3.8, 4) is 21.9 Å². The third kappa shape index (κ3) is 4.05. The summed E-state index contributed by atoms with van der Waals surface area (Å²) in [4.78, 5) is 30.9. The number of amides is 2. The highest BCUT2D eigenvalue weighted by Gasteiger charge is 2.33. The van der Waals surface area contributed by atoms with E-state index < -0.39 is 6.10 Å².